The van der Waals surface area contributed by atoms with Crippen molar-refractivity contribution in [3.8, 4) is 0 Å². The van der Waals surface area contributed by atoms with Crippen LogP contribution in [0.15, 0.2) is 66.7 Å². The van der Waals surface area contributed by atoms with Gasteiger partial charge in [0.15, 0.2) is 5.13 Å². The summed E-state index contributed by atoms with van der Waals surface area (Å²) in [5, 5.41) is 6.72. The first-order valence-electron chi connectivity index (χ1n) is 8.85. The van der Waals surface area contributed by atoms with Gasteiger partial charge in [-0.05, 0) is 48.9 Å². The van der Waals surface area contributed by atoms with Crippen LogP contribution < -0.4 is 10.6 Å². The van der Waals surface area contributed by atoms with Crippen LogP contribution in [0, 0.1) is 6.92 Å². The maximum atomic E-state index is 12.8. The Hall–Kier alpha value is -3.22. The lowest BCUT2D eigenvalue weighted by molar-refractivity contribution is 0.102. The molecule has 3 aromatic carbocycles. The molecule has 0 saturated carbocycles. The van der Waals surface area contributed by atoms with E-state index in [1.807, 2.05) is 19.1 Å². The van der Waals surface area contributed by atoms with Crippen LogP contribution in [0.2, 0.25) is 5.02 Å². The van der Waals surface area contributed by atoms with E-state index in [2.05, 4.69) is 15.6 Å². The number of para-hydroxylation sites is 1. The average Bonchev–Trinajstić information content (AvgIpc) is 3.09. The van der Waals surface area contributed by atoms with Gasteiger partial charge < -0.3 is 5.32 Å². The first-order valence-corrected chi connectivity index (χ1v) is 10.0. The second-order valence-electron chi connectivity index (χ2n) is 6.40. The van der Waals surface area contributed by atoms with Gasteiger partial charge in [0, 0.05) is 10.6 Å². The van der Waals surface area contributed by atoms with Crippen molar-refractivity contribution in [2.24, 2.45) is 0 Å². The van der Waals surface area contributed by atoms with Gasteiger partial charge in [-0.2, -0.15) is 0 Å². The van der Waals surface area contributed by atoms with E-state index < -0.39 is 0 Å². The fraction of sp³-hybridized carbons (Fsp3) is 0.0455. The molecule has 0 aliphatic carbocycles. The first-order chi connectivity index (χ1) is 14.0. The van der Waals surface area contributed by atoms with Crippen molar-refractivity contribution in [1.82, 2.24) is 4.98 Å². The number of nitrogens with one attached hydrogen (secondary N) is 2. The van der Waals surface area contributed by atoms with Crippen molar-refractivity contribution in [3.63, 3.8) is 0 Å². The molecule has 0 spiro atoms. The van der Waals surface area contributed by atoms with E-state index in [9.17, 15) is 9.59 Å². The van der Waals surface area contributed by atoms with Crippen LogP contribution in [0.3, 0.4) is 0 Å². The van der Waals surface area contributed by atoms with Gasteiger partial charge in [0.1, 0.15) is 0 Å². The van der Waals surface area contributed by atoms with Gasteiger partial charge >= 0.3 is 0 Å². The number of rotatable bonds is 4. The maximum Gasteiger partial charge on any atom is 0.259 e. The van der Waals surface area contributed by atoms with Crippen LogP contribution in [0.4, 0.5) is 10.8 Å². The molecule has 1 aromatic heterocycles. The maximum absolute atomic E-state index is 12.8. The molecule has 4 aromatic rings. The molecule has 0 radical (unpaired) electrons. The lowest BCUT2D eigenvalue weighted by Crippen LogP contribution is -2.18. The van der Waals surface area contributed by atoms with Gasteiger partial charge in [-0.25, -0.2) is 4.98 Å². The Morgan fingerprint density at radius 1 is 0.897 bits per heavy atom. The fourth-order valence-corrected chi connectivity index (χ4v) is 4.06. The number of aryl methyl sites for hydroxylation is 1. The van der Waals surface area contributed by atoms with Gasteiger partial charge in [-0.1, -0.05) is 53.3 Å². The smallest absolute Gasteiger partial charge is 0.259 e. The third kappa shape index (κ3) is 4.13. The Labute approximate surface area is 176 Å². The van der Waals surface area contributed by atoms with Gasteiger partial charge in [-0.3, -0.25) is 14.9 Å². The second kappa shape index (κ2) is 8.03. The molecule has 0 atom stereocenters. The summed E-state index contributed by atoms with van der Waals surface area (Å²) >= 11 is 7.35. The number of carbonyl (C=O) groups excluding carboxylic acids is 2. The molecule has 2 N–H and O–H groups in total. The molecule has 29 heavy (non-hydrogen) atoms. The summed E-state index contributed by atoms with van der Waals surface area (Å²) in [5.74, 6) is -0.617. The third-order valence-corrected chi connectivity index (χ3v) is 5.55. The minimum Gasteiger partial charge on any atom is -0.321 e. The highest BCUT2D eigenvalue weighted by Crippen LogP contribution is 2.29. The Bertz CT molecular complexity index is 1240. The normalized spacial score (nSPS) is 10.7. The van der Waals surface area contributed by atoms with Crippen molar-refractivity contribution in [1.29, 1.82) is 0 Å². The largest absolute Gasteiger partial charge is 0.321 e. The van der Waals surface area contributed by atoms with E-state index in [1.54, 1.807) is 54.6 Å². The quantitative estimate of drug-likeness (QED) is 0.440. The summed E-state index contributed by atoms with van der Waals surface area (Å²) in [6.45, 7) is 1.87. The molecule has 5 nitrogen and oxygen atoms in total. The van der Waals surface area contributed by atoms with E-state index >= 15 is 0 Å². The Morgan fingerprint density at radius 2 is 1.59 bits per heavy atom. The molecular weight excluding hydrogens is 406 g/mol. The van der Waals surface area contributed by atoms with Crippen molar-refractivity contribution >= 4 is 55.8 Å². The highest BCUT2D eigenvalue weighted by molar-refractivity contribution is 7.22. The van der Waals surface area contributed by atoms with Crippen LogP contribution in [0.5, 0.6) is 0 Å². The summed E-state index contributed by atoms with van der Waals surface area (Å²) in [4.78, 5) is 29.9. The fourth-order valence-electron chi connectivity index (χ4n) is 2.92. The first kappa shape index (κ1) is 19.1. The highest BCUT2D eigenvalue weighted by Gasteiger charge is 2.16. The molecule has 7 heteroatoms. The van der Waals surface area contributed by atoms with E-state index in [4.69, 9.17) is 11.6 Å². The molecule has 144 valence electrons. The second-order valence-corrected chi connectivity index (χ2v) is 7.87. The topological polar surface area (TPSA) is 71.1 Å². The standard InChI is InChI=1S/C22H16ClN3O2S/c1-13-6-2-3-7-15(13)20(27)24-17-9-5-4-8-16(17)21(28)26-22-25-18-11-10-14(23)12-19(18)29-22/h2-12H,1H3,(H,24,27)(H,25,26,28). The number of anilines is 2. The molecule has 0 saturated heterocycles. The number of thiazole rings is 1. The minimum absolute atomic E-state index is 0.266. The van der Waals surface area contributed by atoms with Crippen LogP contribution in [0.1, 0.15) is 26.3 Å². The number of nitrogens with zero attached hydrogens (tertiary/aromatic N) is 1. The molecule has 0 bridgehead atoms. The van der Waals surface area contributed by atoms with Crippen molar-refractivity contribution in [2.45, 2.75) is 6.92 Å². The molecule has 0 unspecified atom stereocenters. The van der Waals surface area contributed by atoms with Gasteiger partial charge in [0.25, 0.3) is 11.8 Å². The molecule has 1 heterocycles. The zero-order chi connectivity index (χ0) is 20.4. The molecule has 2 amide bonds. The van der Waals surface area contributed by atoms with Gasteiger partial charge in [0.05, 0.1) is 21.5 Å². The SMILES string of the molecule is Cc1ccccc1C(=O)Nc1ccccc1C(=O)Nc1nc2ccc(Cl)cc2s1. The third-order valence-electron chi connectivity index (χ3n) is 4.38. The van der Waals surface area contributed by atoms with Crippen molar-refractivity contribution in [3.05, 3.63) is 88.4 Å². The molecule has 0 aliphatic rings. The minimum atomic E-state index is -0.351. The summed E-state index contributed by atoms with van der Waals surface area (Å²) in [6.07, 6.45) is 0. The van der Waals surface area contributed by atoms with Gasteiger partial charge in [0.2, 0.25) is 0 Å². The Kier molecular flexibility index (Phi) is 5.29. The average molecular weight is 422 g/mol. The lowest BCUT2D eigenvalue weighted by atomic mass is 10.1. The lowest BCUT2D eigenvalue weighted by Gasteiger charge is -2.11. The monoisotopic (exact) mass is 421 g/mol. The van der Waals surface area contributed by atoms with E-state index in [0.717, 1.165) is 15.8 Å². The number of carbonyl (C=O) groups is 2. The van der Waals surface area contributed by atoms with E-state index in [1.165, 1.54) is 11.3 Å². The predicted molar refractivity (Wildman–Crippen MR) is 118 cm³/mol. The summed E-state index contributed by atoms with van der Waals surface area (Å²) in [5.41, 5.74) is 2.97. The van der Waals surface area contributed by atoms with E-state index in [0.29, 0.717) is 27.0 Å². The number of hydrogen-bond donors (Lipinski definition) is 2. The van der Waals surface area contributed by atoms with Crippen LogP contribution in [0.25, 0.3) is 10.2 Å². The number of aromatic nitrogens is 1. The number of halogens is 1. The zero-order valence-corrected chi connectivity index (χ0v) is 17.0. The number of hydrogen-bond acceptors (Lipinski definition) is 4. The molecular formula is C22H16ClN3O2S. The summed E-state index contributed by atoms with van der Waals surface area (Å²) < 4.78 is 0.883. The predicted octanol–water partition coefficient (Wildman–Crippen LogP) is 5.76. The number of fused-ring (bicyclic) bond motifs is 1. The summed E-state index contributed by atoms with van der Waals surface area (Å²) in [7, 11) is 0. The van der Waals surface area contributed by atoms with Crippen LogP contribution in [-0.4, -0.2) is 16.8 Å². The van der Waals surface area contributed by atoms with Crippen molar-refractivity contribution < 1.29 is 9.59 Å². The molecule has 0 fully saturated rings. The number of benzene rings is 3. The molecule has 0 aliphatic heterocycles. The zero-order valence-electron chi connectivity index (χ0n) is 15.4. The van der Waals surface area contributed by atoms with Gasteiger partial charge in [-0.15, -0.1) is 0 Å². The van der Waals surface area contributed by atoms with Crippen LogP contribution in [-0.2, 0) is 0 Å². The Balaban J connectivity index is 1.57. The summed E-state index contributed by atoms with van der Waals surface area (Å²) in [6, 6.07) is 19.5. The van der Waals surface area contributed by atoms with Crippen molar-refractivity contribution in [2.75, 3.05) is 10.6 Å². The van der Waals surface area contributed by atoms with Crippen LogP contribution >= 0.6 is 22.9 Å². The highest BCUT2D eigenvalue weighted by atomic mass is 35.5. The Morgan fingerprint density at radius 3 is 2.38 bits per heavy atom. The van der Waals surface area contributed by atoms with E-state index in [-0.39, 0.29) is 11.8 Å². The molecule has 4 rings (SSSR count). The number of amides is 2.